The molecule has 5 nitrogen and oxygen atoms in total. The fourth-order valence-corrected chi connectivity index (χ4v) is 3.34. The summed E-state index contributed by atoms with van der Waals surface area (Å²) in [7, 11) is 0. The van der Waals surface area contributed by atoms with E-state index in [-0.39, 0.29) is 23.0 Å². The van der Waals surface area contributed by atoms with E-state index in [9.17, 15) is 9.59 Å². The summed E-state index contributed by atoms with van der Waals surface area (Å²) in [4.78, 5) is 24.6. The first-order chi connectivity index (χ1) is 7.54. The fraction of sp³-hybridized carbons (Fsp3) is 0.600. The van der Waals surface area contributed by atoms with Crippen LogP contribution in [-0.4, -0.2) is 33.3 Å². The standard InChI is InChI=1S/C10H14N2O3S/c1-2-5(11)3-6-9(10(14)15)12-7(13)4-8(12)16-6/h5,8H,2-4,11H2,1H3,(H,14,15)/t5?,8-/m1/s1. The molecule has 0 saturated carbocycles. The highest BCUT2D eigenvalue weighted by Crippen LogP contribution is 2.47. The molecule has 2 aliphatic heterocycles. The Morgan fingerprint density at radius 1 is 1.75 bits per heavy atom. The fourth-order valence-electron chi connectivity index (χ4n) is 1.85. The van der Waals surface area contributed by atoms with Gasteiger partial charge in [0.05, 0.1) is 11.8 Å². The first-order valence-corrected chi connectivity index (χ1v) is 6.13. The molecule has 88 valence electrons. The number of carboxylic acids is 1. The zero-order chi connectivity index (χ0) is 11.9. The molecule has 3 N–H and O–H groups in total. The highest BCUT2D eigenvalue weighted by Gasteiger charge is 2.48. The number of nitrogens with two attached hydrogens (primary N) is 1. The van der Waals surface area contributed by atoms with Crippen LogP contribution in [0.15, 0.2) is 10.6 Å². The molecule has 1 unspecified atom stereocenters. The lowest BCUT2D eigenvalue weighted by atomic mass is 10.1. The van der Waals surface area contributed by atoms with Crippen LogP contribution in [0.25, 0.3) is 0 Å². The normalized spacial score (nSPS) is 25.5. The van der Waals surface area contributed by atoms with Crippen molar-refractivity contribution in [2.45, 2.75) is 37.6 Å². The Labute approximate surface area is 97.7 Å². The second kappa shape index (κ2) is 4.10. The summed E-state index contributed by atoms with van der Waals surface area (Å²) >= 11 is 1.47. The minimum absolute atomic E-state index is 0.00217. The van der Waals surface area contributed by atoms with Crippen molar-refractivity contribution in [1.82, 2.24) is 4.90 Å². The molecule has 2 atom stereocenters. The number of hydrogen-bond donors (Lipinski definition) is 2. The zero-order valence-corrected chi connectivity index (χ0v) is 9.79. The van der Waals surface area contributed by atoms with Gasteiger partial charge >= 0.3 is 5.97 Å². The molecule has 0 bridgehead atoms. The van der Waals surface area contributed by atoms with Gasteiger partial charge in [0, 0.05) is 10.9 Å². The second-order valence-corrected chi connectivity index (χ2v) is 5.26. The largest absolute Gasteiger partial charge is 0.477 e. The number of carbonyl (C=O) groups excluding carboxylic acids is 1. The van der Waals surface area contributed by atoms with Crippen molar-refractivity contribution in [2.75, 3.05) is 0 Å². The van der Waals surface area contributed by atoms with Gasteiger partial charge in [0.2, 0.25) is 5.91 Å². The van der Waals surface area contributed by atoms with Gasteiger partial charge in [0.1, 0.15) is 5.70 Å². The van der Waals surface area contributed by atoms with Crippen molar-refractivity contribution in [2.24, 2.45) is 5.73 Å². The summed E-state index contributed by atoms with van der Waals surface area (Å²) in [6, 6.07) is -0.0364. The van der Waals surface area contributed by atoms with E-state index >= 15 is 0 Å². The maximum absolute atomic E-state index is 11.3. The molecular weight excluding hydrogens is 228 g/mol. The summed E-state index contributed by atoms with van der Waals surface area (Å²) in [6.45, 7) is 1.96. The minimum atomic E-state index is -1.03. The van der Waals surface area contributed by atoms with Gasteiger partial charge in [-0.3, -0.25) is 9.69 Å². The van der Waals surface area contributed by atoms with Gasteiger partial charge in [0.25, 0.3) is 0 Å². The Kier molecular flexibility index (Phi) is 2.94. The topological polar surface area (TPSA) is 83.6 Å². The van der Waals surface area contributed by atoms with Gasteiger partial charge in [-0.2, -0.15) is 0 Å². The number of carbonyl (C=O) groups is 2. The van der Waals surface area contributed by atoms with Gasteiger partial charge in [-0.25, -0.2) is 4.79 Å². The van der Waals surface area contributed by atoms with Crippen LogP contribution in [0.2, 0.25) is 0 Å². The van der Waals surface area contributed by atoms with E-state index in [0.29, 0.717) is 12.8 Å². The lowest BCUT2D eigenvalue weighted by Crippen LogP contribution is -2.48. The molecule has 0 radical (unpaired) electrons. The molecule has 2 heterocycles. The van der Waals surface area contributed by atoms with E-state index < -0.39 is 5.97 Å². The molecule has 1 saturated heterocycles. The van der Waals surface area contributed by atoms with Crippen molar-refractivity contribution in [3.8, 4) is 0 Å². The van der Waals surface area contributed by atoms with Gasteiger partial charge in [0.15, 0.2) is 0 Å². The molecule has 2 rings (SSSR count). The van der Waals surface area contributed by atoms with E-state index in [1.165, 1.54) is 16.7 Å². The van der Waals surface area contributed by atoms with Crippen LogP contribution in [0.3, 0.4) is 0 Å². The number of β-lactam (4-membered cyclic amide) rings is 1. The Morgan fingerprint density at radius 2 is 2.44 bits per heavy atom. The number of aliphatic carboxylic acids is 1. The van der Waals surface area contributed by atoms with Crippen LogP contribution in [0.1, 0.15) is 26.2 Å². The third-order valence-corrected chi connectivity index (χ3v) is 4.16. The Hall–Kier alpha value is -1.01. The van der Waals surface area contributed by atoms with E-state index in [1.54, 1.807) is 0 Å². The van der Waals surface area contributed by atoms with Crippen molar-refractivity contribution < 1.29 is 14.7 Å². The molecule has 0 aromatic carbocycles. The van der Waals surface area contributed by atoms with E-state index in [2.05, 4.69) is 0 Å². The second-order valence-electron chi connectivity index (χ2n) is 3.99. The van der Waals surface area contributed by atoms with Gasteiger partial charge in [-0.15, -0.1) is 11.8 Å². The van der Waals surface area contributed by atoms with Gasteiger partial charge < -0.3 is 10.8 Å². The maximum atomic E-state index is 11.3. The van der Waals surface area contributed by atoms with Crippen LogP contribution in [0.4, 0.5) is 0 Å². The molecule has 16 heavy (non-hydrogen) atoms. The minimum Gasteiger partial charge on any atom is -0.477 e. The number of fused-ring (bicyclic) bond motifs is 1. The van der Waals surface area contributed by atoms with Crippen LogP contribution in [-0.2, 0) is 9.59 Å². The molecule has 6 heteroatoms. The van der Waals surface area contributed by atoms with Crippen molar-refractivity contribution in [1.29, 1.82) is 0 Å². The summed E-state index contributed by atoms with van der Waals surface area (Å²) in [5, 5.41) is 9.10. The predicted molar refractivity (Wildman–Crippen MR) is 60.4 cm³/mol. The number of amides is 1. The monoisotopic (exact) mass is 242 g/mol. The lowest BCUT2D eigenvalue weighted by Gasteiger charge is -2.33. The third kappa shape index (κ3) is 1.72. The van der Waals surface area contributed by atoms with Gasteiger partial charge in [-0.05, 0) is 12.8 Å². The Bertz CT molecular complexity index is 380. The molecule has 1 amide bonds. The molecule has 0 aromatic heterocycles. The maximum Gasteiger partial charge on any atom is 0.353 e. The smallest absolute Gasteiger partial charge is 0.353 e. The molecule has 1 fully saturated rings. The third-order valence-electron chi connectivity index (χ3n) is 2.86. The van der Waals surface area contributed by atoms with Crippen LogP contribution < -0.4 is 5.73 Å². The molecule has 0 aliphatic carbocycles. The number of rotatable bonds is 4. The highest BCUT2D eigenvalue weighted by atomic mass is 32.2. The first kappa shape index (κ1) is 11.5. The number of hydrogen-bond acceptors (Lipinski definition) is 4. The number of carboxylic acid groups (broad SMARTS) is 1. The average Bonchev–Trinajstić information content (AvgIpc) is 2.51. The summed E-state index contributed by atoms with van der Waals surface area (Å²) in [5.41, 5.74) is 5.97. The van der Waals surface area contributed by atoms with Crippen LogP contribution >= 0.6 is 11.8 Å². The quantitative estimate of drug-likeness (QED) is 0.709. The van der Waals surface area contributed by atoms with Crippen molar-refractivity contribution >= 4 is 23.6 Å². The van der Waals surface area contributed by atoms with Crippen molar-refractivity contribution in [3.05, 3.63) is 10.6 Å². The van der Waals surface area contributed by atoms with Gasteiger partial charge in [-0.1, -0.05) is 6.92 Å². The molecule has 0 aromatic rings. The summed E-state index contributed by atoms with van der Waals surface area (Å²) in [5.74, 6) is -1.13. The summed E-state index contributed by atoms with van der Waals surface area (Å²) < 4.78 is 0. The Morgan fingerprint density at radius 3 is 2.94 bits per heavy atom. The van der Waals surface area contributed by atoms with Crippen LogP contribution in [0.5, 0.6) is 0 Å². The van der Waals surface area contributed by atoms with Crippen molar-refractivity contribution in [3.63, 3.8) is 0 Å². The molecular formula is C10H14N2O3S. The average molecular weight is 242 g/mol. The number of nitrogens with zero attached hydrogens (tertiary/aromatic N) is 1. The van der Waals surface area contributed by atoms with E-state index in [1.807, 2.05) is 6.92 Å². The predicted octanol–water partition coefficient (Wildman–Crippen LogP) is 0.715. The Balaban J connectivity index is 2.22. The van der Waals surface area contributed by atoms with E-state index in [0.717, 1.165) is 11.3 Å². The number of thioether (sulfide) groups is 1. The van der Waals surface area contributed by atoms with E-state index in [4.69, 9.17) is 10.8 Å². The highest BCUT2D eigenvalue weighted by molar-refractivity contribution is 8.04. The lowest BCUT2D eigenvalue weighted by molar-refractivity contribution is -0.145. The molecule has 0 spiro atoms. The molecule has 2 aliphatic rings. The zero-order valence-electron chi connectivity index (χ0n) is 8.97. The first-order valence-electron chi connectivity index (χ1n) is 5.25. The SMILES string of the molecule is CCC(N)CC1=C(C(=O)O)N2C(=O)C[C@H]2S1. The van der Waals surface area contributed by atoms with Crippen LogP contribution in [0, 0.1) is 0 Å². The summed E-state index contributed by atoms with van der Waals surface area (Å²) in [6.07, 6.45) is 1.78.